The lowest BCUT2D eigenvalue weighted by molar-refractivity contribution is -0.137. The number of piperazine rings is 1. The Bertz CT molecular complexity index is 1730. The number of nitrogens with zero attached hydrogens (tertiary/aromatic N) is 5. The smallest absolute Gasteiger partial charge is 0.382 e. The maximum absolute atomic E-state index is 15.4. The summed E-state index contributed by atoms with van der Waals surface area (Å²) in [4.78, 5) is 34.1. The second-order valence-electron chi connectivity index (χ2n) is 10.3. The molecule has 2 aromatic carbocycles. The van der Waals surface area contributed by atoms with Gasteiger partial charge in [0.15, 0.2) is 11.6 Å². The molecule has 2 amide bonds. The van der Waals surface area contributed by atoms with Crippen LogP contribution < -0.4 is 16.4 Å². The van der Waals surface area contributed by atoms with E-state index in [0.717, 1.165) is 38.8 Å². The van der Waals surface area contributed by atoms with Gasteiger partial charge in [0.2, 0.25) is 0 Å². The second-order valence-corrected chi connectivity index (χ2v) is 10.3. The predicted octanol–water partition coefficient (Wildman–Crippen LogP) is 5.26. The van der Waals surface area contributed by atoms with E-state index in [1.807, 2.05) is 5.32 Å². The topological polar surface area (TPSA) is 121 Å². The number of nitrogens with one attached hydrogen (secondary N) is 2. The van der Waals surface area contributed by atoms with Gasteiger partial charge in [0, 0.05) is 38.3 Å². The third-order valence-electron chi connectivity index (χ3n) is 7.53. The number of halogens is 5. The first-order chi connectivity index (χ1) is 20.9. The van der Waals surface area contributed by atoms with Crippen molar-refractivity contribution in [2.75, 3.05) is 49.1 Å². The van der Waals surface area contributed by atoms with E-state index in [-0.39, 0.29) is 22.9 Å². The van der Waals surface area contributed by atoms with Crippen LogP contribution in [0, 0.1) is 11.6 Å². The van der Waals surface area contributed by atoms with Gasteiger partial charge in [-0.3, -0.25) is 9.69 Å². The van der Waals surface area contributed by atoms with Gasteiger partial charge in [-0.2, -0.15) is 18.3 Å². The Morgan fingerprint density at radius 3 is 2.27 bits per heavy atom. The molecule has 3 heterocycles. The van der Waals surface area contributed by atoms with Crippen LogP contribution in [0.2, 0.25) is 0 Å². The number of hydrogen-bond acceptors (Lipinski definition) is 7. The van der Waals surface area contributed by atoms with Gasteiger partial charge in [0.25, 0.3) is 0 Å². The highest BCUT2D eigenvalue weighted by Gasteiger charge is 2.32. The Kier molecular flexibility index (Phi) is 8.52. The van der Waals surface area contributed by atoms with E-state index in [9.17, 15) is 27.2 Å². The highest BCUT2D eigenvalue weighted by molar-refractivity contribution is 6.08. The minimum absolute atomic E-state index is 0.0738. The molecule has 4 aromatic rings. The number of anilines is 3. The zero-order valence-electron chi connectivity index (χ0n) is 23.8. The van der Waals surface area contributed by atoms with Crippen LogP contribution in [0.5, 0.6) is 0 Å². The highest BCUT2D eigenvalue weighted by Crippen LogP contribution is 2.38. The Hall–Kier alpha value is -4.63. The van der Waals surface area contributed by atoms with Gasteiger partial charge in [-0.15, -0.1) is 0 Å². The van der Waals surface area contributed by atoms with Crippen LogP contribution in [0.3, 0.4) is 0 Å². The highest BCUT2D eigenvalue weighted by atomic mass is 19.4. The third-order valence-corrected chi connectivity index (χ3v) is 7.53. The van der Waals surface area contributed by atoms with Crippen LogP contribution in [-0.2, 0) is 12.7 Å². The van der Waals surface area contributed by atoms with Crippen molar-refractivity contribution >= 4 is 34.5 Å². The number of benzene rings is 2. The number of nitrogens with two attached hydrogens (primary N) is 1. The fourth-order valence-corrected chi connectivity index (χ4v) is 5.30. The summed E-state index contributed by atoms with van der Waals surface area (Å²) in [6.07, 6.45) is -3.49. The van der Waals surface area contributed by atoms with E-state index < -0.39 is 35.1 Å². The Labute approximate surface area is 248 Å². The molecule has 0 spiro atoms. The number of nitrogen functional groups attached to an aromatic ring is 1. The van der Waals surface area contributed by atoms with Crippen molar-refractivity contribution in [2.45, 2.75) is 26.6 Å². The van der Waals surface area contributed by atoms with Gasteiger partial charge in [-0.25, -0.2) is 23.1 Å². The van der Waals surface area contributed by atoms with Crippen molar-refractivity contribution in [1.82, 2.24) is 24.4 Å². The summed E-state index contributed by atoms with van der Waals surface area (Å²) in [5.41, 5.74) is 5.75. The fourth-order valence-electron chi connectivity index (χ4n) is 5.30. The summed E-state index contributed by atoms with van der Waals surface area (Å²) >= 11 is 0. The first kappa shape index (κ1) is 30.8. The molecule has 0 saturated carbocycles. The summed E-state index contributed by atoms with van der Waals surface area (Å²) in [6.45, 7) is 8.10. The van der Waals surface area contributed by atoms with E-state index in [4.69, 9.17) is 5.73 Å². The van der Waals surface area contributed by atoms with Crippen molar-refractivity contribution in [3.05, 3.63) is 71.2 Å². The molecule has 0 aliphatic carbocycles. The lowest BCUT2D eigenvalue weighted by Gasteiger charge is -2.34. The molecular weight excluding hydrogens is 587 g/mol. The maximum Gasteiger partial charge on any atom is 0.416 e. The predicted molar refractivity (Wildman–Crippen MR) is 154 cm³/mol. The minimum Gasteiger partial charge on any atom is -0.382 e. The summed E-state index contributed by atoms with van der Waals surface area (Å²) < 4.78 is 70.1. The number of likely N-dealkylation sites (N-methyl/N-ethyl adjacent to an activating group) is 1. The van der Waals surface area contributed by atoms with E-state index in [1.165, 1.54) is 25.4 Å². The number of ketones is 1. The minimum atomic E-state index is -4.76. The Balaban J connectivity index is 1.46. The molecule has 10 nitrogen and oxygen atoms in total. The van der Waals surface area contributed by atoms with Crippen LogP contribution in [0.15, 0.2) is 42.7 Å². The van der Waals surface area contributed by atoms with Crippen molar-refractivity contribution < 1.29 is 31.5 Å². The molecular formula is C29H29F5N8O2. The average molecular weight is 617 g/mol. The number of amides is 2. The molecule has 0 atom stereocenters. The number of aromatic nitrogens is 3. The molecule has 1 aliphatic heterocycles. The first-order valence-electron chi connectivity index (χ1n) is 13.7. The van der Waals surface area contributed by atoms with Gasteiger partial charge in [-0.05, 0) is 49.4 Å². The van der Waals surface area contributed by atoms with Crippen molar-refractivity contribution in [3.8, 4) is 11.1 Å². The molecule has 1 saturated heterocycles. The number of rotatable bonds is 7. The van der Waals surface area contributed by atoms with E-state index >= 15 is 4.39 Å². The normalized spacial score (nSPS) is 14.6. The summed E-state index contributed by atoms with van der Waals surface area (Å²) in [5.74, 6) is -2.25. The quantitative estimate of drug-likeness (QED) is 0.191. The van der Waals surface area contributed by atoms with E-state index in [2.05, 4.69) is 32.1 Å². The Morgan fingerprint density at radius 2 is 1.64 bits per heavy atom. The van der Waals surface area contributed by atoms with Crippen molar-refractivity contribution in [3.63, 3.8) is 0 Å². The molecule has 232 valence electrons. The molecule has 1 fully saturated rings. The number of Topliss-reactive ketones (excluding diaryl/α,β-unsaturated/α-hetero) is 1. The fraction of sp³-hybridized carbons (Fsp3) is 0.310. The summed E-state index contributed by atoms with van der Waals surface area (Å²) in [5, 5.41) is 8.49. The third kappa shape index (κ3) is 6.19. The van der Waals surface area contributed by atoms with Gasteiger partial charge in [-0.1, -0.05) is 13.0 Å². The van der Waals surface area contributed by atoms with Crippen LogP contribution in [0.1, 0.15) is 35.5 Å². The van der Waals surface area contributed by atoms with Gasteiger partial charge in [0.05, 0.1) is 28.2 Å². The zero-order chi connectivity index (χ0) is 31.8. The maximum atomic E-state index is 15.4. The second kappa shape index (κ2) is 12.2. The monoisotopic (exact) mass is 616 g/mol. The van der Waals surface area contributed by atoms with Gasteiger partial charge >= 0.3 is 12.2 Å². The lowest BCUT2D eigenvalue weighted by Crippen LogP contribution is -2.45. The van der Waals surface area contributed by atoms with Crippen molar-refractivity contribution in [2.24, 2.45) is 0 Å². The summed E-state index contributed by atoms with van der Waals surface area (Å²) in [7, 11) is 0. The molecule has 5 rings (SSSR count). The lowest BCUT2D eigenvalue weighted by atomic mass is 9.97. The number of alkyl halides is 3. The standard InChI is InChI=1S/C29H29F5N8O2/c1-3-40-8-10-41(11-9-40)14-23-24(16(2)43)25(26-27(35)36-15-37-42(23)26)17-4-7-21(20(31)12-17)38-28(44)39-22-13-18(29(32,33)34)5-6-19(22)30/h4-7,12-13,15H,3,8-11,14H2,1-2H3,(H2,35,36,37)(H2,38,39,44). The van der Waals surface area contributed by atoms with Crippen molar-refractivity contribution in [1.29, 1.82) is 0 Å². The van der Waals surface area contributed by atoms with Crippen LogP contribution in [0.4, 0.5) is 43.9 Å². The first-order valence-corrected chi connectivity index (χ1v) is 13.7. The molecule has 0 unspecified atom stereocenters. The van der Waals surface area contributed by atoms with E-state index in [0.29, 0.717) is 47.1 Å². The molecule has 1 aliphatic rings. The number of hydrogen-bond donors (Lipinski definition) is 3. The molecule has 0 bridgehead atoms. The average Bonchev–Trinajstić information content (AvgIpc) is 3.30. The van der Waals surface area contributed by atoms with Gasteiger partial charge < -0.3 is 21.3 Å². The molecule has 15 heteroatoms. The largest absolute Gasteiger partial charge is 0.416 e. The summed E-state index contributed by atoms with van der Waals surface area (Å²) in [6, 6.07) is 4.11. The zero-order valence-corrected chi connectivity index (χ0v) is 23.8. The Morgan fingerprint density at radius 1 is 0.955 bits per heavy atom. The number of carbonyl (C=O) groups is 2. The number of urea groups is 1. The molecule has 44 heavy (non-hydrogen) atoms. The molecule has 4 N–H and O–H groups in total. The SMILES string of the molecule is CCN1CCN(Cc2c(C(C)=O)c(-c3ccc(NC(=O)Nc4cc(C(F)(F)F)ccc4F)c(F)c3)c3c(N)ncnn23)CC1. The van der Waals surface area contributed by atoms with Gasteiger partial charge in [0.1, 0.15) is 23.5 Å². The van der Waals surface area contributed by atoms with Crippen LogP contribution >= 0.6 is 0 Å². The number of fused-ring (bicyclic) bond motifs is 1. The van der Waals surface area contributed by atoms with E-state index in [1.54, 1.807) is 4.52 Å². The molecule has 0 radical (unpaired) electrons. The number of carbonyl (C=O) groups excluding carboxylic acids is 2. The van der Waals surface area contributed by atoms with Crippen LogP contribution in [0.25, 0.3) is 16.6 Å². The van der Waals surface area contributed by atoms with Crippen LogP contribution in [-0.4, -0.2) is 68.9 Å². The molecule has 2 aromatic heterocycles.